The molecule has 1 aromatic heterocycles. The van der Waals surface area contributed by atoms with Crippen LogP contribution in [0.2, 0.25) is 0 Å². The molecule has 5 nitrogen and oxygen atoms in total. The van der Waals surface area contributed by atoms with Crippen molar-refractivity contribution in [2.75, 3.05) is 6.54 Å². The van der Waals surface area contributed by atoms with Crippen LogP contribution in [0.3, 0.4) is 0 Å². The van der Waals surface area contributed by atoms with Gasteiger partial charge in [-0.1, -0.05) is 18.0 Å². The SMILES string of the molecule is Cc1noc(C)c1CC(=O)NC1(CN)CCCC1.Cl. The molecule has 1 aliphatic rings. The van der Waals surface area contributed by atoms with Gasteiger partial charge in [-0.15, -0.1) is 12.4 Å². The van der Waals surface area contributed by atoms with Gasteiger partial charge in [0.05, 0.1) is 17.7 Å². The molecule has 108 valence electrons. The summed E-state index contributed by atoms with van der Waals surface area (Å²) in [6, 6.07) is 0. The fourth-order valence-electron chi connectivity index (χ4n) is 2.69. The zero-order chi connectivity index (χ0) is 13.2. The molecule has 0 aromatic carbocycles. The van der Waals surface area contributed by atoms with Crippen molar-refractivity contribution in [3.05, 3.63) is 17.0 Å². The summed E-state index contributed by atoms with van der Waals surface area (Å²) < 4.78 is 5.06. The minimum absolute atomic E-state index is 0. The number of nitrogens with two attached hydrogens (primary N) is 1. The summed E-state index contributed by atoms with van der Waals surface area (Å²) in [6.07, 6.45) is 4.57. The highest BCUT2D eigenvalue weighted by atomic mass is 35.5. The van der Waals surface area contributed by atoms with E-state index >= 15 is 0 Å². The number of aromatic nitrogens is 1. The molecule has 1 fully saturated rings. The molecule has 1 aliphatic carbocycles. The number of halogens is 1. The average molecular weight is 288 g/mol. The zero-order valence-electron chi connectivity index (χ0n) is 11.5. The van der Waals surface area contributed by atoms with E-state index in [0.717, 1.165) is 42.7 Å². The molecule has 1 saturated carbocycles. The molecule has 0 saturated heterocycles. The molecule has 0 radical (unpaired) electrons. The molecule has 1 heterocycles. The Morgan fingerprint density at radius 1 is 1.42 bits per heavy atom. The smallest absolute Gasteiger partial charge is 0.225 e. The number of hydrogen-bond acceptors (Lipinski definition) is 4. The lowest BCUT2D eigenvalue weighted by atomic mass is 9.97. The molecule has 6 heteroatoms. The van der Waals surface area contributed by atoms with E-state index in [9.17, 15) is 4.79 Å². The van der Waals surface area contributed by atoms with E-state index in [2.05, 4.69) is 10.5 Å². The number of rotatable bonds is 4. The molecule has 3 N–H and O–H groups in total. The molecule has 0 spiro atoms. The van der Waals surface area contributed by atoms with E-state index in [1.807, 2.05) is 13.8 Å². The molecular formula is C13H22ClN3O2. The van der Waals surface area contributed by atoms with E-state index in [1.165, 1.54) is 0 Å². The Morgan fingerprint density at radius 2 is 2.05 bits per heavy atom. The lowest BCUT2D eigenvalue weighted by Gasteiger charge is -2.28. The molecule has 2 rings (SSSR count). The summed E-state index contributed by atoms with van der Waals surface area (Å²) in [7, 11) is 0. The Balaban J connectivity index is 0.00000180. The van der Waals surface area contributed by atoms with Crippen molar-refractivity contribution in [3.63, 3.8) is 0 Å². The van der Waals surface area contributed by atoms with Crippen molar-refractivity contribution in [2.24, 2.45) is 5.73 Å². The van der Waals surface area contributed by atoms with Gasteiger partial charge >= 0.3 is 0 Å². The van der Waals surface area contributed by atoms with Crippen LogP contribution in [0.4, 0.5) is 0 Å². The number of amides is 1. The van der Waals surface area contributed by atoms with Crippen molar-refractivity contribution < 1.29 is 9.32 Å². The maximum absolute atomic E-state index is 12.1. The first-order valence-corrected chi connectivity index (χ1v) is 6.49. The molecule has 0 unspecified atom stereocenters. The van der Waals surface area contributed by atoms with Gasteiger partial charge in [0.25, 0.3) is 0 Å². The van der Waals surface area contributed by atoms with Gasteiger partial charge < -0.3 is 15.6 Å². The van der Waals surface area contributed by atoms with Crippen molar-refractivity contribution in [1.29, 1.82) is 0 Å². The number of hydrogen-bond donors (Lipinski definition) is 2. The first-order chi connectivity index (χ1) is 8.56. The number of aryl methyl sites for hydroxylation is 2. The highest BCUT2D eigenvalue weighted by molar-refractivity contribution is 5.85. The Labute approximate surface area is 119 Å². The van der Waals surface area contributed by atoms with Gasteiger partial charge in [-0.05, 0) is 26.7 Å². The second-order valence-electron chi connectivity index (χ2n) is 5.22. The first-order valence-electron chi connectivity index (χ1n) is 6.49. The van der Waals surface area contributed by atoms with Gasteiger partial charge in [-0.25, -0.2) is 0 Å². The monoisotopic (exact) mass is 287 g/mol. The Hall–Kier alpha value is -1.07. The fraction of sp³-hybridized carbons (Fsp3) is 0.692. The number of nitrogens with one attached hydrogen (secondary N) is 1. The number of carbonyl (C=O) groups excluding carboxylic acids is 1. The average Bonchev–Trinajstić information content (AvgIpc) is 2.92. The number of nitrogens with zero attached hydrogens (tertiary/aromatic N) is 1. The molecule has 1 amide bonds. The lowest BCUT2D eigenvalue weighted by molar-refractivity contribution is -0.122. The summed E-state index contributed by atoms with van der Waals surface area (Å²) in [5, 5.41) is 6.96. The van der Waals surface area contributed by atoms with Crippen molar-refractivity contribution >= 4 is 18.3 Å². The summed E-state index contributed by atoms with van der Waals surface area (Å²) in [6.45, 7) is 4.20. The van der Waals surface area contributed by atoms with Crippen LogP contribution in [-0.4, -0.2) is 23.1 Å². The van der Waals surface area contributed by atoms with E-state index < -0.39 is 0 Å². The predicted molar refractivity (Wildman–Crippen MR) is 75.3 cm³/mol. The first kappa shape index (κ1) is 16.0. The van der Waals surface area contributed by atoms with Crippen LogP contribution in [0.1, 0.15) is 42.7 Å². The largest absolute Gasteiger partial charge is 0.361 e. The minimum atomic E-state index is -0.184. The fourth-order valence-corrected chi connectivity index (χ4v) is 2.69. The van der Waals surface area contributed by atoms with Crippen LogP contribution in [0.25, 0.3) is 0 Å². The van der Waals surface area contributed by atoms with Crippen LogP contribution in [0.15, 0.2) is 4.52 Å². The topological polar surface area (TPSA) is 81.2 Å². The minimum Gasteiger partial charge on any atom is -0.361 e. The van der Waals surface area contributed by atoms with Crippen molar-refractivity contribution in [1.82, 2.24) is 10.5 Å². The van der Waals surface area contributed by atoms with Gasteiger partial charge in [0, 0.05) is 12.1 Å². The summed E-state index contributed by atoms with van der Waals surface area (Å²) in [4.78, 5) is 12.1. The number of carbonyl (C=O) groups is 1. The molecule has 1 aromatic rings. The van der Waals surface area contributed by atoms with Gasteiger partial charge in [-0.2, -0.15) is 0 Å². The van der Waals surface area contributed by atoms with Crippen LogP contribution in [0, 0.1) is 13.8 Å². The summed E-state index contributed by atoms with van der Waals surface area (Å²) in [5.41, 5.74) is 7.29. The molecule has 0 bridgehead atoms. The molecule has 0 aliphatic heterocycles. The van der Waals surface area contributed by atoms with Gasteiger partial charge in [0.1, 0.15) is 5.76 Å². The Morgan fingerprint density at radius 3 is 2.53 bits per heavy atom. The summed E-state index contributed by atoms with van der Waals surface area (Å²) >= 11 is 0. The quantitative estimate of drug-likeness (QED) is 0.882. The van der Waals surface area contributed by atoms with Crippen LogP contribution in [0.5, 0.6) is 0 Å². The molecule has 19 heavy (non-hydrogen) atoms. The highest BCUT2D eigenvalue weighted by Gasteiger charge is 2.34. The zero-order valence-corrected chi connectivity index (χ0v) is 12.3. The standard InChI is InChI=1S/C13H21N3O2.ClH/c1-9-11(10(2)18-16-9)7-12(17)15-13(8-14)5-3-4-6-13;/h3-8,14H2,1-2H3,(H,15,17);1H. The highest BCUT2D eigenvalue weighted by Crippen LogP contribution is 2.28. The van der Waals surface area contributed by atoms with Crippen LogP contribution < -0.4 is 11.1 Å². The third kappa shape index (κ3) is 3.48. The van der Waals surface area contributed by atoms with Gasteiger partial charge in [0.2, 0.25) is 5.91 Å². The molecule has 0 atom stereocenters. The van der Waals surface area contributed by atoms with Gasteiger partial charge in [-0.3, -0.25) is 4.79 Å². The Bertz CT molecular complexity index is 420. The second kappa shape index (κ2) is 6.39. The maximum Gasteiger partial charge on any atom is 0.225 e. The van der Waals surface area contributed by atoms with Crippen molar-refractivity contribution in [2.45, 2.75) is 51.5 Å². The van der Waals surface area contributed by atoms with Crippen LogP contribution in [-0.2, 0) is 11.2 Å². The van der Waals surface area contributed by atoms with Crippen molar-refractivity contribution in [3.8, 4) is 0 Å². The third-order valence-electron chi connectivity index (χ3n) is 3.87. The second-order valence-corrected chi connectivity index (χ2v) is 5.22. The lowest BCUT2D eigenvalue weighted by Crippen LogP contribution is -2.52. The van der Waals surface area contributed by atoms with E-state index in [0.29, 0.717) is 13.0 Å². The van der Waals surface area contributed by atoms with Crippen LogP contribution >= 0.6 is 12.4 Å². The maximum atomic E-state index is 12.1. The third-order valence-corrected chi connectivity index (χ3v) is 3.87. The molecular weight excluding hydrogens is 266 g/mol. The predicted octanol–water partition coefficient (Wildman–Crippen LogP) is 1.64. The van der Waals surface area contributed by atoms with E-state index in [1.54, 1.807) is 0 Å². The van der Waals surface area contributed by atoms with Gasteiger partial charge in [0.15, 0.2) is 0 Å². The van der Waals surface area contributed by atoms with E-state index in [4.69, 9.17) is 10.3 Å². The summed E-state index contributed by atoms with van der Waals surface area (Å²) in [5.74, 6) is 0.729. The normalized spacial score (nSPS) is 17.0. The Kier molecular flexibility index (Phi) is 5.38. The van der Waals surface area contributed by atoms with E-state index in [-0.39, 0.29) is 23.9 Å².